The van der Waals surface area contributed by atoms with Crippen LogP contribution in [-0.4, -0.2) is 32.0 Å². The summed E-state index contributed by atoms with van der Waals surface area (Å²) in [5.74, 6) is 0.834. The van der Waals surface area contributed by atoms with Crippen LogP contribution in [0.2, 0.25) is 5.02 Å². The number of benzene rings is 1. The summed E-state index contributed by atoms with van der Waals surface area (Å²) >= 11 is 7.36. The zero-order valence-corrected chi connectivity index (χ0v) is 15.4. The first-order valence-electron chi connectivity index (χ1n) is 8.17. The Kier molecular flexibility index (Phi) is 5.46. The second-order valence-electron chi connectivity index (χ2n) is 6.12. The lowest BCUT2D eigenvalue weighted by molar-refractivity contribution is -0.120. The number of carbonyl (C=O) groups excluding carboxylic acids is 1. The van der Waals surface area contributed by atoms with E-state index in [1.54, 1.807) is 0 Å². The van der Waals surface area contributed by atoms with Gasteiger partial charge in [-0.25, -0.2) is 0 Å². The largest absolute Gasteiger partial charge is 0.352 e. The van der Waals surface area contributed by atoms with Crippen LogP contribution in [0.3, 0.4) is 0 Å². The van der Waals surface area contributed by atoms with Crippen LogP contribution in [0.1, 0.15) is 32.6 Å². The Balaban J connectivity index is 1.66. The van der Waals surface area contributed by atoms with E-state index in [9.17, 15) is 4.79 Å². The summed E-state index contributed by atoms with van der Waals surface area (Å²) < 4.78 is 1.91. The quantitative estimate of drug-likeness (QED) is 0.822. The standard InChI is InChI=1S/C17H21ClN4OS/c1-11(16(23)19-14-5-3-4-6-14)24-17-21-20-15(22(17)2)12-7-9-13(18)10-8-12/h7-11,14H,3-6H2,1-2H3,(H,19,23). The molecule has 0 spiro atoms. The van der Waals surface area contributed by atoms with Crippen molar-refractivity contribution in [3.63, 3.8) is 0 Å². The summed E-state index contributed by atoms with van der Waals surface area (Å²) in [5.41, 5.74) is 0.948. The molecule has 1 atom stereocenters. The molecule has 1 aromatic heterocycles. The first kappa shape index (κ1) is 17.3. The fraction of sp³-hybridized carbons (Fsp3) is 0.471. The predicted molar refractivity (Wildman–Crippen MR) is 97.2 cm³/mol. The van der Waals surface area contributed by atoms with Gasteiger partial charge in [0.2, 0.25) is 5.91 Å². The predicted octanol–water partition coefficient (Wildman–Crippen LogP) is 3.67. The fourth-order valence-corrected chi connectivity index (χ4v) is 3.82. The third-order valence-corrected chi connectivity index (χ3v) is 5.68. The molecular weight excluding hydrogens is 344 g/mol. The molecule has 7 heteroatoms. The molecule has 1 unspecified atom stereocenters. The van der Waals surface area contributed by atoms with E-state index < -0.39 is 0 Å². The smallest absolute Gasteiger partial charge is 0.233 e. The van der Waals surface area contributed by atoms with Gasteiger partial charge in [0.25, 0.3) is 0 Å². The molecule has 0 saturated heterocycles. The molecule has 1 amide bonds. The van der Waals surface area contributed by atoms with Gasteiger partial charge in [-0.15, -0.1) is 10.2 Å². The number of amides is 1. The lowest BCUT2D eigenvalue weighted by atomic mass is 10.2. The van der Waals surface area contributed by atoms with Crippen LogP contribution in [0.5, 0.6) is 0 Å². The molecule has 128 valence electrons. The van der Waals surface area contributed by atoms with Gasteiger partial charge in [0.15, 0.2) is 11.0 Å². The van der Waals surface area contributed by atoms with Crippen molar-refractivity contribution >= 4 is 29.3 Å². The van der Waals surface area contributed by atoms with Crippen LogP contribution in [-0.2, 0) is 11.8 Å². The van der Waals surface area contributed by atoms with Gasteiger partial charge in [-0.1, -0.05) is 36.2 Å². The molecule has 1 heterocycles. The Morgan fingerprint density at radius 2 is 1.96 bits per heavy atom. The van der Waals surface area contributed by atoms with E-state index in [4.69, 9.17) is 11.6 Å². The first-order chi connectivity index (χ1) is 11.5. The Morgan fingerprint density at radius 1 is 1.29 bits per heavy atom. The molecular formula is C17H21ClN4OS. The maximum atomic E-state index is 12.3. The van der Waals surface area contributed by atoms with Gasteiger partial charge in [0, 0.05) is 23.7 Å². The molecule has 1 aromatic carbocycles. The molecule has 1 fully saturated rings. The number of hydrogen-bond acceptors (Lipinski definition) is 4. The number of hydrogen-bond donors (Lipinski definition) is 1. The van der Waals surface area contributed by atoms with Gasteiger partial charge in [-0.3, -0.25) is 4.79 Å². The fourth-order valence-electron chi connectivity index (χ4n) is 2.87. The SMILES string of the molecule is CC(Sc1nnc(-c2ccc(Cl)cc2)n1C)C(=O)NC1CCCC1. The van der Waals surface area contributed by atoms with Crippen LogP contribution in [0.4, 0.5) is 0 Å². The average molecular weight is 365 g/mol. The number of thioether (sulfide) groups is 1. The van der Waals surface area contributed by atoms with E-state index >= 15 is 0 Å². The molecule has 1 N–H and O–H groups in total. The lowest BCUT2D eigenvalue weighted by Crippen LogP contribution is -2.37. The minimum Gasteiger partial charge on any atom is -0.352 e. The number of carbonyl (C=O) groups is 1. The van der Waals surface area contributed by atoms with Crippen LogP contribution in [0.15, 0.2) is 29.4 Å². The Morgan fingerprint density at radius 3 is 2.62 bits per heavy atom. The summed E-state index contributed by atoms with van der Waals surface area (Å²) in [5, 5.41) is 12.8. The molecule has 2 aromatic rings. The molecule has 3 rings (SSSR count). The van der Waals surface area contributed by atoms with E-state index in [0.717, 1.165) is 29.4 Å². The summed E-state index contributed by atoms with van der Waals surface area (Å²) in [7, 11) is 1.91. The number of aromatic nitrogens is 3. The molecule has 1 saturated carbocycles. The summed E-state index contributed by atoms with van der Waals surface area (Å²) in [6.07, 6.45) is 4.60. The molecule has 5 nitrogen and oxygen atoms in total. The van der Waals surface area contributed by atoms with Crippen molar-refractivity contribution in [2.75, 3.05) is 0 Å². The normalized spacial score (nSPS) is 16.3. The molecule has 1 aliphatic carbocycles. The van der Waals surface area contributed by atoms with Gasteiger partial charge in [-0.05, 0) is 44.0 Å². The van der Waals surface area contributed by atoms with Gasteiger partial charge in [0.05, 0.1) is 5.25 Å². The number of nitrogens with zero attached hydrogens (tertiary/aromatic N) is 3. The van der Waals surface area contributed by atoms with Crippen molar-refractivity contribution < 1.29 is 4.79 Å². The van der Waals surface area contributed by atoms with Gasteiger partial charge >= 0.3 is 0 Å². The monoisotopic (exact) mass is 364 g/mol. The maximum Gasteiger partial charge on any atom is 0.233 e. The van der Waals surface area contributed by atoms with E-state index in [0.29, 0.717) is 11.1 Å². The highest BCUT2D eigenvalue weighted by Gasteiger charge is 2.23. The first-order valence-corrected chi connectivity index (χ1v) is 9.42. The molecule has 0 bridgehead atoms. The zero-order valence-electron chi connectivity index (χ0n) is 13.8. The third-order valence-electron chi connectivity index (χ3n) is 4.29. The number of rotatable bonds is 5. The average Bonchev–Trinajstić information content (AvgIpc) is 3.19. The zero-order chi connectivity index (χ0) is 17.1. The summed E-state index contributed by atoms with van der Waals surface area (Å²) in [4.78, 5) is 12.3. The minimum absolute atomic E-state index is 0.0722. The van der Waals surface area contributed by atoms with Crippen LogP contribution < -0.4 is 5.32 Å². The van der Waals surface area contributed by atoms with Crippen LogP contribution in [0.25, 0.3) is 11.4 Å². The highest BCUT2D eigenvalue weighted by atomic mass is 35.5. The summed E-state index contributed by atoms with van der Waals surface area (Å²) in [6, 6.07) is 7.82. The van der Waals surface area contributed by atoms with Crippen molar-refractivity contribution in [3.05, 3.63) is 29.3 Å². The lowest BCUT2D eigenvalue weighted by Gasteiger charge is -2.16. The molecule has 1 aliphatic rings. The summed E-state index contributed by atoms with van der Waals surface area (Å²) in [6.45, 7) is 1.91. The van der Waals surface area contributed by atoms with Crippen LogP contribution in [0, 0.1) is 0 Å². The highest BCUT2D eigenvalue weighted by molar-refractivity contribution is 8.00. The van der Waals surface area contributed by atoms with Crippen molar-refractivity contribution in [1.29, 1.82) is 0 Å². The Bertz CT molecular complexity index is 710. The maximum absolute atomic E-state index is 12.3. The number of halogens is 1. The van der Waals surface area contributed by atoms with E-state index in [1.807, 2.05) is 42.8 Å². The highest BCUT2D eigenvalue weighted by Crippen LogP contribution is 2.27. The van der Waals surface area contributed by atoms with Crippen molar-refractivity contribution in [3.8, 4) is 11.4 Å². The second-order valence-corrected chi connectivity index (χ2v) is 7.87. The van der Waals surface area contributed by atoms with E-state index in [1.165, 1.54) is 24.6 Å². The van der Waals surface area contributed by atoms with Crippen molar-refractivity contribution in [2.24, 2.45) is 7.05 Å². The number of nitrogens with one attached hydrogen (secondary N) is 1. The van der Waals surface area contributed by atoms with Crippen molar-refractivity contribution in [2.45, 2.75) is 49.1 Å². The topological polar surface area (TPSA) is 59.8 Å². The molecule has 0 radical (unpaired) electrons. The van der Waals surface area contributed by atoms with Gasteiger partial charge in [0.1, 0.15) is 0 Å². The Labute approximate surface area is 151 Å². The minimum atomic E-state index is -0.202. The third kappa shape index (κ3) is 3.92. The Hall–Kier alpha value is -1.53. The van der Waals surface area contributed by atoms with E-state index in [2.05, 4.69) is 15.5 Å². The van der Waals surface area contributed by atoms with E-state index in [-0.39, 0.29) is 11.2 Å². The molecule has 0 aliphatic heterocycles. The van der Waals surface area contributed by atoms with Gasteiger partial charge in [-0.2, -0.15) is 0 Å². The molecule has 24 heavy (non-hydrogen) atoms. The van der Waals surface area contributed by atoms with Crippen molar-refractivity contribution in [1.82, 2.24) is 20.1 Å². The van der Waals surface area contributed by atoms with Gasteiger partial charge < -0.3 is 9.88 Å². The van der Waals surface area contributed by atoms with Crippen LogP contribution >= 0.6 is 23.4 Å². The second kappa shape index (κ2) is 7.57.